The van der Waals surface area contributed by atoms with Gasteiger partial charge in [0.15, 0.2) is 6.61 Å². The SMILES string of the molecule is CC(=O)Oc1cc(C)c(CCc2ccc3c(c2)NC(=O)CO3)c(C)c1. The number of anilines is 1. The summed E-state index contributed by atoms with van der Waals surface area (Å²) < 4.78 is 10.6. The van der Waals surface area contributed by atoms with Crippen molar-refractivity contribution < 1.29 is 19.1 Å². The van der Waals surface area contributed by atoms with Crippen LogP contribution in [0.4, 0.5) is 5.69 Å². The molecular formula is C20H21NO4. The van der Waals surface area contributed by atoms with Gasteiger partial charge in [-0.1, -0.05) is 6.07 Å². The first-order valence-corrected chi connectivity index (χ1v) is 8.26. The second-order valence-corrected chi connectivity index (χ2v) is 6.30. The van der Waals surface area contributed by atoms with Gasteiger partial charge >= 0.3 is 5.97 Å². The lowest BCUT2D eigenvalue weighted by Crippen LogP contribution is -2.25. The van der Waals surface area contributed by atoms with E-state index in [1.165, 1.54) is 12.5 Å². The second-order valence-electron chi connectivity index (χ2n) is 6.30. The van der Waals surface area contributed by atoms with Crippen LogP contribution in [0.15, 0.2) is 30.3 Å². The number of rotatable bonds is 4. The molecule has 0 unspecified atom stereocenters. The van der Waals surface area contributed by atoms with Crippen molar-refractivity contribution in [3.8, 4) is 11.5 Å². The van der Waals surface area contributed by atoms with E-state index in [0.29, 0.717) is 11.5 Å². The molecule has 0 atom stereocenters. The highest BCUT2D eigenvalue weighted by molar-refractivity contribution is 5.95. The third-order valence-electron chi connectivity index (χ3n) is 4.27. The van der Waals surface area contributed by atoms with Gasteiger partial charge in [0.1, 0.15) is 11.5 Å². The molecule has 5 nitrogen and oxygen atoms in total. The van der Waals surface area contributed by atoms with Crippen molar-refractivity contribution in [1.82, 2.24) is 0 Å². The van der Waals surface area contributed by atoms with E-state index in [-0.39, 0.29) is 18.5 Å². The maximum Gasteiger partial charge on any atom is 0.308 e. The quantitative estimate of drug-likeness (QED) is 0.685. The molecule has 0 radical (unpaired) electrons. The molecule has 0 bridgehead atoms. The van der Waals surface area contributed by atoms with Gasteiger partial charge in [-0.25, -0.2) is 0 Å². The largest absolute Gasteiger partial charge is 0.482 e. The first-order valence-electron chi connectivity index (χ1n) is 8.26. The van der Waals surface area contributed by atoms with Crippen molar-refractivity contribution in [1.29, 1.82) is 0 Å². The average Bonchev–Trinajstić information content (AvgIpc) is 2.53. The maximum atomic E-state index is 11.4. The molecular weight excluding hydrogens is 318 g/mol. The lowest BCUT2D eigenvalue weighted by molar-refractivity contribution is -0.131. The molecule has 1 N–H and O–H groups in total. The standard InChI is InChI=1S/C20H21NO4/c1-12-8-16(25-14(3)22)9-13(2)17(12)6-4-15-5-7-19-18(10-15)21-20(23)11-24-19/h5,7-10H,4,6,11H2,1-3H3,(H,21,23). The molecule has 3 rings (SSSR count). The second kappa shape index (κ2) is 6.97. The Hall–Kier alpha value is -2.82. The molecule has 1 aliphatic rings. The highest BCUT2D eigenvalue weighted by atomic mass is 16.5. The van der Waals surface area contributed by atoms with Crippen LogP contribution in [0, 0.1) is 13.8 Å². The summed E-state index contributed by atoms with van der Waals surface area (Å²) in [5.74, 6) is 0.851. The van der Waals surface area contributed by atoms with E-state index < -0.39 is 0 Å². The first-order chi connectivity index (χ1) is 11.9. The summed E-state index contributed by atoms with van der Waals surface area (Å²) in [6.07, 6.45) is 1.71. The molecule has 2 aromatic rings. The van der Waals surface area contributed by atoms with Crippen LogP contribution in [0.3, 0.4) is 0 Å². The molecule has 0 saturated carbocycles. The number of hydrogen-bond donors (Lipinski definition) is 1. The molecule has 0 fully saturated rings. The number of aryl methyl sites for hydroxylation is 3. The predicted molar refractivity (Wildman–Crippen MR) is 95.2 cm³/mol. The first kappa shape index (κ1) is 17.0. The number of carbonyl (C=O) groups is 2. The summed E-state index contributed by atoms with van der Waals surface area (Å²) in [7, 11) is 0. The minimum Gasteiger partial charge on any atom is -0.482 e. The number of nitrogens with one attached hydrogen (secondary N) is 1. The minimum absolute atomic E-state index is 0.0689. The zero-order valence-corrected chi connectivity index (χ0v) is 14.6. The van der Waals surface area contributed by atoms with Gasteiger partial charge in [-0.05, 0) is 73.2 Å². The Bertz CT molecular complexity index is 819. The number of carbonyl (C=O) groups excluding carboxylic acids is 2. The lowest BCUT2D eigenvalue weighted by atomic mass is 9.95. The summed E-state index contributed by atoms with van der Waals surface area (Å²) >= 11 is 0. The lowest BCUT2D eigenvalue weighted by Gasteiger charge is -2.19. The third-order valence-corrected chi connectivity index (χ3v) is 4.27. The van der Waals surface area contributed by atoms with Gasteiger partial charge in [0.2, 0.25) is 0 Å². The van der Waals surface area contributed by atoms with Gasteiger partial charge in [-0.15, -0.1) is 0 Å². The molecule has 1 heterocycles. The fraction of sp³-hybridized carbons (Fsp3) is 0.300. The van der Waals surface area contributed by atoms with E-state index in [0.717, 1.165) is 35.2 Å². The van der Waals surface area contributed by atoms with Crippen LogP contribution in [0.5, 0.6) is 11.5 Å². The fourth-order valence-corrected chi connectivity index (χ4v) is 3.13. The van der Waals surface area contributed by atoms with Crippen LogP contribution in [-0.2, 0) is 22.4 Å². The summed E-state index contributed by atoms with van der Waals surface area (Å²) in [5.41, 5.74) is 5.31. The van der Waals surface area contributed by atoms with Gasteiger partial charge in [-0.3, -0.25) is 9.59 Å². The zero-order chi connectivity index (χ0) is 18.0. The molecule has 2 aromatic carbocycles. The summed E-state index contributed by atoms with van der Waals surface area (Å²) in [5, 5.41) is 2.83. The van der Waals surface area contributed by atoms with E-state index in [4.69, 9.17) is 9.47 Å². The smallest absolute Gasteiger partial charge is 0.308 e. The van der Waals surface area contributed by atoms with Crippen LogP contribution in [-0.4, -0.2) is 18.5 Å². The number of amides is 1. The molecule has 130 valence electrons. The van der Waals surface area contributed by atoms with Gasteiger partial charge in [0, 0.05) is 6.92 Å². The molecule has 25 heavy (non-hydrogen) atoms. The Morgan fingerprint density at radius 3 is 2.56 bits per heavy atom. The summed E-state index contributed by atoms with van der Waals surface area (Å²) in [6, 6.07) is 9.67. The molecule has 0 aliphatic carbocycles. The Morgan fingerprint density at radius 1 is 1.16 bits per heavy atom. The molecule has 0 aromatic heterocycles. The van der Waals surface area contributed by atoms with Crippen molar-refractivity contribution in [3.05, 3.63) is 52.6 Å². The minimum atomic E-state index is -0.315. The van der Waals surface area contributed by atoms with Crippen molar-refractivity contribution in [2.24, 2.45) is 0 Å². The zero-order valence-electron chi connectivity index (χ0n) is 14.6. The van der Waals surface area contributed by atoms with Crippen LogP contribution in [0.25, 0.3) is 0 Å². The van der Waals surface area contributed by atoms with Crippen LogP contribution >= 0.6 is 0 Å². The van der Waals surface area contributed by atoms with Crippen LogP contribution in [0.1, 0.15) is 29.2 Å². The average molecular weight is 339 g/mol. The van der Waals surface area contributed by atoms with E-state index >= 15 is 0 Å². The van der Waals surface area contributed by atoms with Crippen molar-refractivity contribution in [3.63, 3.8) is 0 Å². The Kier molecular flexibility index (Phi) is 4.74. The third kappa shape index (κ3) is 3.99. The number of ether oxygens (including phenoxy) is 2. The molecule has 1 amide bonds. The van der Waals surface area contributed by atoms with Gasteiger partial charge in [0.25, 0.3) is 5.91 Å². The van der Waals surface area contributed by atoms with Crippen LogP contribution < -0.4 is 14.8 Å². The van der Waals surface area contributed by atoms with E-state index in [1.54, 1.807) is 0 Å². The number of fused-ring (bicyclic) bond motifs is 1. The topological polar surface area (TPSA) is 64.6 Å². The normalized spacial score (nSPS) is 12.8. The molecule has 0 saturated heterocycles. The van der Waals surface area contributed by atoms with E-state index in [9.17, 15) is 9.59 Å². The van der Waals surface area contributed by atoms with E-state index in [2.05, 4.69) is 5.32 Å². The van der Waals surface area contributed by atoms with Crippen LogP contribution in [0.2, 0.25) is 0 Å². The highest BCUT2D eigenvalue weighted by Crippen LogP contribution is 2.29. The monoisotopic (exact) mass is 339 g/mol. The van der Waals surface area contributed by atoms with Gasteiger partial charge in [0.05, 0.1) is 5.69 Å². The maximum absolute atomic E-state index is 11.4. The van der Waals surface area contributed by atoms with E-state index in [1.807, 2.05) is 44.2 Å². The number of esters is 1. The highest BCUT2D eigenvalue weighted by Gasteiger charge is 2.16. The number of benzene rings is 2. The van der Waals surface area contributed by atoms with Gasteiger partial charge < -0.3 is 14.8 Å². The van der Waals surface area contributed by atoms with Crippen molar-refractivity contribution in [2.45, 2.75) is 33.6 Å². The summed E-state index contributed by atoms with van der Waals surface area (Å²) in [6.45, 7) is 5.52. The van der Waals surface area contributed by atoms with Crippen molar-refractivity contribution in [2.75, 3.05) is 11.9 Å². The Labute approximate surface area is 147 Å². The molecule has 5 heteroatoms. The number of hydrogen-bond acceptors (Lipinski definition) is 4. The summed E-state index contributed by atoms with van der Waals surface area (Å²) in [4.78, 5) is 22.6. The fourth-order valence-electron chi connectivity index (χ4n) is 3.13. The predicted octanol–water partition coefficient (Wildman–Crippen LogP) is 3.34. The molecule has 1 aliphatic heterocycles. The molecule has 0 spiro atoms. The Morgan fingerprint density at radius 2 is 1.88 bits per heavy atom. The Balaban J connectivity index is 1.74. The van der Waals surface area contributed by atoms with Gasteiger partial charge in [-0.2, -0.15) is 0 Å². The van der Waals surface area contributed by atoms with Crippen molar-refractivity contribution >= 4 is 17.6 Å².